The predicted octanol–water partition coefficient (Wildman–Crippen LogP) is 4.37. The molecular formula is C20H19N3O3S. The Morgan fingerprint density at radius 2 is 1.78 bits per heavy atom. The van der Waals surface area contributed by atoms with Crippen LogP contribution < -0.4 is 5.32 Å². The normalized spacial score (nSPS) is 11.8. The van der Waals surface area contributed by atoms with Crippen LogP contribution in [0.2, 0.25) is 0 Å². The second kappa shape index (κ2) is 8.18. The number of carbonyl (C=O) groups excluding carboxylic acids is 2. The Morgan fingerprint density at radius 3 is 2.44 bits per heavy atom. The number of amides is 1. The summed E-state index contributed by atoms with van der Waals surface area (Å²) in [7, 11) is 0. The molecule has 0 spiro atoms. The molecule has 0 saturated carbocycles. The zero-order valence-electron chi connectivity index (χ0n) is 15.2. The summed E-state index contributed by atoms with van der Waals surface area (Å²) in [6.45, 7) is 5.24. The third kappa shape index (κ3) is 4.62. The van der Waals surface area contributed by atoms with Crippen LogP contribution in [0.1, 0.15) is 29.8 Å². The van der Waals surface area contributed by atoms with Crippen molar-refractivity contribution in [1.29, 1.82) is 0 Å². The second-order valence-electron chi connectivity index (χ2n) is 6.07. The molecule has 1 amide bonds. The summed E-state index contributed by atoms with van der Waals surface area (Å²) in [4.78, 5) is 23.7. The Balaban J connectivity index is 1.63. The molecule has 27 heavy (non-hydrogen) atoms. The second-order valence-corrected chi connectivity index (χ2v) is 7.36. The highest BCUT2D eigenvalue weighted by atomic mass is 32.2. The molecule has 7 heteroatoms. The van der Waals surface area contributed by atoms with Gasteiger partial charge in [-0.05, 0) is 56.7 Å². The fourth-order valence-electron chi connectivity index (χ4n) is 2.42. The molecule has 3 aromatic rings. The first-order valence-electron chi connectivity index (χ1n) is 8.42. The average molecular weight is 381 g/mol. The van der Waals surface area contributed by atoms with Gasteiger partial charge in [0.15, 0.2) is 5.78 Å². The molecule has 2 aromatic carbocycles. The summed E-state index contributed by atoms with van der Waals surface area (Å²) < 4.78 is 5.69. The number of anilines is 1. The van der Waals surface area contributed by atoms with Gasteiger partial charge in [0.05, 0.1) is 5.25 Å². The van der Waals surface area contributed by atoms with Crippen LogP contribution >= 0.6 is 11.8 Å². The fraction of sp³-hybridized carbons (Fsp3) is 0.200. The minimum absolute atomic E-state index is 0.0161. The molecule has 0 bridgehead atoms. The van der Waals surface area contributed by atoms with Crippen LogP contribution in [0.3, 0.4) is 0 Å². The minimum Gasteiger partial charge on any atom is -0.411 e. The average Bonchev–Trinajstić information content (AvgIpc) is 3.10. The van der Waals surface area contributed by atoms with Crippen LogP contribution in [0, 0.1) is 6.92 Å². The zero-order chi connectivity index (χ0) is 19.4. The molecule has 3 rings (SSSR count). The van der Waals surface area contributed by atoms with E-state index >= 15 is 0 Å². The smallest absolute Gasteiger partial charge is 0.277 e. The third-order valence-corrected chi connectivity index (χ3v) is 4.92. The van der Waals surface area contributed by atoms with Gasteiger partial charge >= 0.3 is 0 Å². The van der Waals surface area contributed by atoms with Gasteiger partial charge in [-0.3, -0.25) is 9.59 Å². The molecule has 0 saturated heterocycles. The SMILES string of the molecule is CC(=O)c1ccc(NC(=O)C(C)Sc2nnc(-c3ccccc3C)o2)cc1. The number of thioether (sulfide) groups is 1. The maximum atomic E-state index is 12.4. The molecule has 138 valence electrons. The van der Waals surface area contributed by atoms with Crippen LogP contribution in [0.4, 0.5) is 5.69 Å². The van der Waals surface area contributed by atoms with Crippen LogP contribution in [-0.4, -0.2) is 27.1 Å². The van der Waals surface area contributed by atoms with E-state index in [9.17, 15) is 9.59 Å². The number of benzene rings is 2. The maximum absolute atomic E-state index is 12.4. The number of nitrogens with zero attached hydrogens (tertiary/aromatic N) is 2. The maximum Gasteiger partial charge on any atom is 0.277 e. The lowest BCUT2D eigenvalue weighted by atomic mass is 10.1. The number of Topliss-reactive ketones (excluding diaryl/α,β-unsaturated/α-hetero) is 1. The van der Waals surface area contributed by atoms with Gasteiger partial charge in [-0.1, -0.05) is 30.0 Å². The van der Waals surface area contributed by atoms with E-state index in [1.54, 1.807) is 31.2 Å². The zero-order valence-corrected chi connectivity index (χ0v) is 16.0. The number of hydrogen-bond acceptors (Lipinski definition) is 6. The quantitative estimate of drug-likeness (QED) is 0.504. The van der Waals surface area contributed by atoms with Crippen LogP contribution in [-0.2, 0) is 4.79 Å². The van der Waals surface area contributed by atoms with Gasteiger partial charge in [-0.2, -0.15) is 0 Å². The number of aryl methyl sites for hydroxylation is 1. The van der Waals surface area contributed by atoms with Crippen LogP contribution in [0.5, 0.6) is 0 Å². The summed E-state index contributed by atoms with van der Waals surface area (Å²) in [6.07, 6.45) is 0. The number of ketones is 1. The number of rotatable bonds is 6. The fourth-order valence-corrected chi connectivity index (χ4v) is 3.10. The van der Waals surface area contributed by atoms with Crippen LogP contribution in [0.25, 0.3) is 11.5 Å². The molecule has 1 atom stereocenters. The Kier molecular flexibility index (Phi) is 5.71. The summed E-state index contributed by atoms with van der Waals surface area (Å²) in [5, 5.41) is 10.8. The molecule has 0 aliphatic heterocycles. The van der Waals surface area contributed by atoms with E-state index in [4.69, 9.17) is 4.42 Å². The van der Waals surface area contributed by atoms with Gasteiger partial charge in [-0.25, -0.2) is 0 Å². The van der Waals surface area contributed by atoms with E-state index in [-0.39, 0.29) is 11.7 Å². The van der Waals surface area contributed by atoms with E-state index < -0.39 is 5.25 Å². The Labute approximate surface area is 161 Å². The highest BCUT2D eigenvalue weighted by Gasteiger charge is 2.19. The Hall–Kier alpha value is -2.93. The largest absolute Gasteiger partial charge is 0.411 e. The first-order chi connectivity index (χ1) is 12.9. The monoisotopic (exact) mass is 381 g/mol. The lowest BCUT2D eigenvalue weighted by Crippen LogP contribution is -2.22. The molecule has 1 aromatic heterocycles. The van der Waals surface area contributed by atoms with Gasteiger partial charge in [0.1, 0.15) is 0 Å². The summed E-state index contributed by atoms with van der Waals surface area (Å²) in [5.74, 6) is 0.229. The van der Waals surface area contributed by atoms with Gasteiger partial charge < -0.3 is 9.73 Å². The van der Waals surface area contributed by atoms with E-state index in [1.807, 2.05) is 31.2 Å². The predicted molar refractivity (Wildman–Crippen MR) is 105 cm³/mol. The standard InChI is InChI=1S/C20H19N3O3S/c1-12-6-4-5-7-17(12)19-22-23-20(26-19)27-14(3)18(25)21-16-10-8-15(9-11-16)13(2)24/h4-11,14H,1-3H3,(H,21,25). The molecule has 6 nitrogen and oxygen atoms in total. The summed E-state index contributed by atoms with van der Waals surface area (Å²) >= 11 is 1.19. The van der Waals surface area contributed by atoms with Crippen LogP contribution in [0.15, 0.2) is 58.2 Å². The van der Waals surface area contributed by atoms with Crippen molar-refractivity contribution in [1.82, 2.24) is 10.2 Å². The highest BCUT2D eigenvalue weighted by molar-refractivity contribution is 8.00. The van der Waals surface area contributed by atoms with Crippen molar-refractivity contribution < 1.29 is 14.0 Å². The minimum atomic E-state index is -0.428. The van der Waals surface area contributed by atoms with E-state index in [2.05, 4.69) is 15.5 Å². The summed E-state index contributed by atoms with van der Waals surface area (Å²) in [6, 6.07) is 14.5. The number of aromatic nitrogens is 2. The van der Waals surface area contributed by atoms with Crippen molar-refractivity contribution in [3.63, 3.8) is 0 Å². The van der Waals surface area contributed by atoms with E-state index in [0.717, 1.165) is 11.1 Å². The topological polar surface area (TPSA) is 85.1 Å². The highest BCUT2D eigenvalue weighted by Crippen LogP contribution is 2.28. The van der Waals surface area contributed by atoms with Crippen molar-refractivity contribution in [2.45, 2.75) is 31.2 Å². The van der Waals surface area contributed by atoms with Crippen molar-refractivity contribution in [2.75, 3.05) is 5.32 Å². The molecular weight excluding hydrogens is 362 g/mol. The Bertz CT molecular complexity index is 967. The number of hydrogen-bond donors (Lipinski definition) is 1. The lowest BCUT2D eigenvalue weighted by molar-refractivity contribution is -0.115. The molecule has 0 radical (unpaired) electrons. The van der Waals surface area contributed by atoms with E-state index in [1.165, 1.54) is 18.7 Å². The summed E-state index contributed by atoms with van der Waals surface area (Å²) in [5.41, 5.74) is 3.14. The first-order valence-corrected chi connectivity index (χ1v) is 9.30. The van der Waals surface area contributed by atoms with Crippen molar-refractivity contribution in [3.8, 4) is 11.5 Å². The molecule has 1 heterocycles. The number of carbonyl (C=O) groups is 2. The molecule has 1 unspecified atom stereocenters. The Morgan fingerprint density at radius 1 is 1.07 bits per heavy atom. The van der Waals surface area contributed by atoms with Gasteiger partial charge in [0.2, 0.25) is 11.8 Å². The van der Waals surface area contributed by atoms with Gasteiger partial charge in [0, 0.05) is 16.8 Å². The lowest BCUT2D eigenvalue weighted by Gasteiger charge is -2.10. The molecule has 0 fully saturated rings. The molecule has 1 N–H and O–H groups in total. The molecule has 0 aliphatic carbocycles. The van der Waals surface area contributed by atoms with Crippen molar-refractivity contribution in [3.05, 3.63) is 59.7 Å². The van der Waals surface area contributed by atoms with Gasteiger partial charge in [-0.15, -0.1) is 10.2 Å². The van der Waals surface area contributed by atoms with Crippen molar-refractivity contribution in [2.24, 2.45) is 0 Å². The van der Waals surface area contributed by atoms with Crippen molar-refractivity contribution >= 4 is 29.1 Å². The first kappa shape index (κ1) is 18.8. The molecule has 0 aliphatic rings. The third-order valence-electron chi connectivity index (χ3n) is 3.99. The van der Waals surface area contributed by atoms with E-state index in [0.29, 0.717) is 22.4 Å². The number of nitrogens with one attached hydrogen (secondary N) is 1. The van der Waals surface area contributed by atoms with Gasteiger partial charge in [0.25, 0.3) is 5.22 Å².